The molecule has 4 rings (SSSR count). The number of Topliss-reactive ketones (excluding diaryl/α,β-unsaturated/α-hetero) is 2. The lowest BCUT2D eigenvalue weighted by molar-refractivity contribution is -0.137. The molecule has 1 saturated heterocycles. The van der Waals surface area contributed by atoms with Crippen molar-refractivity contribution in [3.8, 4) is 0 Å². The molecular weight excluding hydrogens is 471 g/mol. The van der Waals surface area contributed by atoms with E-state index in [1.165, 1.54) is 18.2 Å². The van der Waals surface area contributed by atoms with Crippen LogP contribution in [0, 0.1) is 12.8 Å². The van der Waals surface area contributed by atoms with Crippen molar-refractivity contribution in [3.05, 3.63) is 88.6 Å². The van der Waals surface area contributed by atoms with Gasteiger partial charge in [0.05, 0.1) is 17.3 Å². The van der Waals surface area contributed by atoms with Gasteiger partial charge in [-0.2, -0.15) is 18.3 Å². The van der Waals surface area contributed by atoms with Gasteiger partial charge >= 0.3 is 6.18 Å². The molecule has 0 N–H and O–H groups in total. The van der Waals surface area contributed by atoms with Crippen molar-refractivity contribution in [2.45, 2.75) is 45.3 Å². The van der Waals surface area contributed by atoms with E-state index < -0.39 is 41.2 Å². The van der Waals surface area contributed by atoms with Gasteiger partial charge in [-0.1, -0.05) is 57.2 Å². The summed E-state index contributed by atoms with van der Waals surface area (Å²) < 4.78 is 39.5. The van der Waals surface area contributed by atoms with E-state index in [1.54, 1.807) is 37.3 Å². The van der Waals surface area contributed by atoms with Crippen molar-refractivity contribution in [1.29, 1.82) is 0 Å². The second kappa shape index (κ2) is 8.96. The summed E-state index contributed by atoms with van der Waals surface area (Å²) in [7, 11) is 0. The van der Waals surface area contributed by atoms with Gasteiger partial charge in [-0.3, -0.25) is 19.3 Å². The quantitative estimate of drug-likeness (QED) is 0.280. The highest BCUT2D eigenvalue weighted by Crippen LogP contribution is 2.41. The maximum absolute atomic E-state index is 13.6. The first kappa shape index (κ1) is 25.2. The summed E-state index contributed by atoms with van der Waals surface area (Å²) in [5.41, 5.74) is 0.921. The number of ketones is 2. The van der Waals surface area contributed by atoms with Crippen molar-refractivity contribution in [3.63, 3.8) is 0 Å². The van der Waals surface area contributed by atoms with Crippen LogP contribution < -0.4 is 4.90 Å². The van der Waals surface area contributed by atoms with Crippen molar-refractivity contribution in [2.75, 3.05) is 4.90 Å². The van der Waals surface area contributed by atoms with E-state index in [9.17, 15) is 27.6 Å². The van der Waals surface area contributed by atoms with Crippen molar-refractivity contribution in [2.24, 2.45) is 5.92 Å². The van der Waals surface area contributed by atoms with E-state index in [1.807, 2.05) is 20.8 Å². The third-order valence-corrected chi connectivity index (χ3v) is 6.23. The Kier molecular flexibility index (Phi) is 6.28. The van der Waals surface area contributed by atoms with Crippen LogP contribution in [0.5, 0.6) is 0 Å². The minimum absolute atomic E-state index is 0.0298. The number of anilines is 1. The van der Waals surface area contributed by atoms with E-state index in [4.69, 9.17) is 0 Å². The number of hydrogen-bond acceptors (Lipinski definition) is 5. The lowest BCUT2D eigenvalue weighted by Crippen LogP contribution is -2.31. The molecule has 3 aromatic rings. The number of aromatic nitrogens is 2. The molecule has 36 heavy (non-hydrogen) atoms. The number of rotatable bonds is 4. The molecule has 1 unspecified atom stereocenters. The number of hydrogen-bond donors (Lipinski definition) is 0. The molecule has 0 aliphatic carbocycles. The number of carbonyl (C=O) groups excluding carboxylic acids is 3. The maximum Gasteiger partial charge on any atom is 0.416 e. The van der Waals surface area contributed by atoms with E-state index in [2.05, 4.69) is 10.2 Å². The highest BCUT2D eigenvalue weighted by molar-refractivity contribution is 6.48. The molecule has 9 heteroatoms. The van der Waals surface area contributed by atoms with E-state index >= 15 is 0 Å². The predicted octanol–water partition coefficient (Wildman–Crippen LogP) is 5.26. The van der Waals surface area contributed by atoms with Gasteiger partial charge in [-0.05, 0) is 47.7 Å². The van der Waals surface area contributed by atoms with Gasteiger partial charge in [0.2, 0.25) is 5.78 Å². The fraction of sp³-hybridized carbons (Fsp3) is 0.296. The Morgan fingerprint density at radius 2 is 1.42 bits per heavy atom. The Bertz CT molecular complexity index is 1310. The zero-order chi connectivity index (χ0) is 26.4. The van der Waals surface area contributed by atoms with Crippen LogP contribution in [-0.2, 0) is 21.2 Å². The second-order valence-electron chi connectivity index (χ2n) is 9.81. The molecule has 2 heterocycles. The van der Waals surface area contributed by atoms with Crippen molar-refractivity contribution < 1.29 is 27.6 Å². The predicted molar refractivity (Wildman–Crippen MR) is 126 cm³/mol. The lowest BCUT2D eigenvalue weighted by Gasteiger charge is -2.26. The number of benzene rings is 2. The molecule has 6 nitrogen and oxygen atoms in total. The third-order valence-electron chi connectivity index (χ3n) is 6.23. The smallest absolute Gasteiger partial charge is 0.293 e. The average molecular weight is 496 g/mol. The summed E-state index contributed by atoms with van der Waals surface area (Å²) in [5.74, 6) is -3.95. The molecule has 1 aliphatic heterocycles. The Hall–Kier alpha value is -3.88. The molecule has 0 spiro atoms. The van der Waals surface area contributed by atoms with Gasteiger partial charge in [0.15, 0.2) is 11.6 Å². The zero-order valence-corrected chi connectivity index (χ0v) is 20.1. The summed E-state index contributed by atoms with van der Waals surface area (Å²) in [6, 6.07) is 12.7. The summed E-state index contributed by atoms with van der Waals surface area (Å²) in [6.07, 6.45) is -4.56. The summed E-state index contributed by atoms with van der Waals surface area (Å²) in [6.45, 7) is 7.74. The molecule has 1 amide bonds. The van der Waals surface area contributed by atoms with Gasteiger partial charge in [0.1, 0.15) is 5.92 Å². The van der Waals surface area contributed by atoms with E-state index in [0.717, 1.165) is 22.6 Å². The Morgan fingerprint density at radius 3 is 1.92 bits per heavy atom. The first-order valence-corrected chi connectivity index (χ1v) is 11.3. The van der Waals surface area contributed by atoms with Crippen LogP contribution in [0.25, 0.3) is 0 Å². The SMILES string of the molecule is Cc1ccc(N2C(=O)C(=O)C(C(=O)c3ccc(C(C)(C)C)cc3)[C@@H]2c2ccc(C(F)(F)F)cc2)nn1. The average Bonchev–Trinajstić information content (AvgIpc) is 3.09. The standard InChI is InChI=1S/C27H24F3N3O3/c1-15-5-14-20(32-31-15)33-22(16-6-12-19(13-7-16)27(28,29)30)21(24(35)25(33)36)23(34)17-8-10-18(11-9-17)26(2,3)4/h5-14,21-22H,1-4H3/t21?,22-/m0/s1. The normalized spacial score (nSPS) is 18.6. The first-order valence-electron chi connectivity index (χ1n) is 11.3. The van der Waals surface area contributed by atoms with Crippen LogP contribution in [0.3, 0.4) is 0 Å². The number of amides is 1. The molecule has 0 radical (unpaired) electrons. The minimum Gasteiger partial charge on any atom is -0.293 e. The van der Waals surface area contributed by atoms with Gasteiger partial charge < -0.3 is 0 Å². The fourth-order valence-corrected chi connectivity index (χ4v) is 4.22. The molecule has 186 valence electrons. The number of nitrogens with zero attached hydrogens (tertiary/aromatic N) is 3. The van der Waals surface area contributed by atoms with Crippen LogP contribution >= 0.6 is 0 Å². The molecule has 0 saturated carbocycles. The second-order valence-corrected chi connectivity index (χ2v) is 9.81. The molecule has 2 atom stereocenters. The topological polar surface area (TPSA) is 80.2 Å². The fourth-order valence-electron chi connectivity index (χ4n) is 4.22. The molecule has 1 aromatic heterocycles. The van der Waals surface area contributed by atoms with Crippen LogP contribution in [0.1, 0.15) is 59.6 Å². The van der Waals surface area contributed by atoms with E-state index in [-0.39, 0.29) is 22.4 Å². The number of aryl methyl sites for hydroxylation is 1. The molecule has 2 aromatic carbocycles. The molecular formula is C27H24F3N3O3. The maximum atomic E-state index is 13.6. The number of carbonyl (C=O) groups is 3. The molecule has 0 bridgehead atoms. The van der Waals surface area contributed by atoms with Crippen molar-refractivity contribution >= 4 is 23.3 Å². The van der Waals surface area contributed by atoms with Crippen molar-refractivity contribution in [1.82, 2.24) is 10.2 Å². The largest absolute Gasteiger partial charge is 0.416 e. The van der Waals surface area contributed by atoms with Gasteiger partial charge in [0, 0.05) is 5.56 Å². The first-order chi connectivity index (χ1) is 16.8. The third kappa shape index (κ3) is 4.65. The summed E-state index contributed by atoms with van der Waals surface area (Å²) in [5, 5.41) is 7.92. The molecule has 1 fully saturated rings. The Balaban J connectivity index is 1.81. The van der Waals surface area contributed by atoms with Crippen LogP contribution in [0.2, 0.25) is 0 Å². The summed E-state index contributed by atoms with van der Waals surface area (Å²) in [4.78, 5) is 40.9. The van der Waals surface area contributed by atoms with Gasteiger partial charge in [-0.25, -0.2) is 0 Å². The zero-order valence-electron chi connectivity index (χ0n) is 20.1. The van der Waals surface area contributed by atoms with Crippen LogP contribution in [0.4, 0.5) is 19.0 Å². The van der Waals surface area contributed by atoms with Gasteiger partial charge in [-0.15, -0.1) is 5.10 Å². The van der Waals surface area contributed by atoms with Gasteiger partial charge in [0.25, 0.3) is 5.91 Å². The highest BCUT2D eigenvalue weighted by atomic mass is 19.4. The van der Waals surface area contributed by atoms with Crippen LogP contribution in [0.15, 0.2) is 60.7 Å². The highest BCUT2D eigenvalue weighted by Gasteiger charge is 2.53. The lowest BCUT2D eigenvalue weighted by atomic mass is 9.83. The molecule has 1 aliphatic rings. The Morgan fingerprint density at radius 1 is 0.833 bits per heavy atom. The Labute approximate surface area is 206 Å². The number of halogens is 3. The van der Waals surface area contributed by atoms with Crippen LogP contribution in [-0.4, -0.2) is 27.7 Å². The monoisotopic (exact) mass is 495 g/mol. The number of alkyl halides is 3. The minimum atomic E-state index is -4.56. The summed E-state index contributed by atoms with van der Waals surface area (Å²) >= 11 is 0. The van der Waals surface area contributed by atoms with E-state index in [0.29, 0.717) is 5.69 Å².